The Morgan fingerprint density at radius 2 is 1.74 bits per heavy atom. The number of nitrogens with zero attached hydrogens (tertiary/aromatic N) is 1. The van der Waals surface area contributed by atoms with Crippen LogP contribution < -0.4 is 5.32 Å². The lowest BCUT2D eigenvalue weighted by Crippen LogP contribution is -2.48. The van der Waals surface area contributed by atoms with Gasteiger partial charge in [0.2, 0.25) is 0 Å². The van der Waals surface area contributed by atoms with Crippen molar-refractivity contribution >= 4 is 11.9 Å². The molecule has 0 saturated heterocycles. The summed E-state index contributed by atoms with van der Waals surface area (Å²) >= 11 is 0. The molecule has 1 aliphatic carbocycles. The first kappa shape index (κ1) is 18.7. The first-order valence-corrected chi connectivity index (χ1v) is 9.02. The van der Waals surface area contributed by atoms with Crippen LogP contribution in [0.25, 0.3) is 11.1 Å². The highest BCUT2D eigenvalue weighted by Gasteiger charge is 2.43. The number of amides is 1. The number of carbonyl (C=O) groups excluding carboxylic acids is 2. The Bertz CT molecular complexity index is 851. The van der Waals surface area contributed by atoms with Gasteiger partial charge in [-0.25, -0.2) is 0 Å². The standard InChI is InChI=1S/C22H22N2O3/c1-22(15-23,19-11-12-19)24-20(25)14-27-21(26)13-16-7-9-18(10-8-16)17-5-3-2-4-6-17/h2-10,19H,11-14H2,1H3,(H,24,25)/t22-/m0/s1. The minimum absolute atomic E-state index is 0.0977. The fraction of sp³-hybridized carbons (Fsp3) is 0.318. The number of esters is 1. The van der Waals surface area contributed by atoms with Gasteiger partial charge in [0.05, 0.1) is 12.5 Å². The maximum Gasteiger partial charge on any atom is 0.310 e. The SMILES string of the molecule is C[C@@](C#N)(NC(=O)COC(=O)Cc1ccc(-c2ccccc2)cc1)C1CC1. The minimum atomic E-state index is -0.878. The summed E-state index contributed by atoms with van der Waals surface area (Å²) in [6, 6.07) is 19.8. The normalized spacial score (nSPS) is 15.3. The molecular weight excluding hydrogens is 340 g/mol. The molecular formula is C22H22N2O3. The molecule has 5 heteroatoms. The predicted octanol–water partition coefficient (Wildman–Crippen LogP) is 3.25. The zero-order chi connectivity index (χ0) is 19.3. The zero-order valence-corrected chi connectivity index (χ0v) is 15.3. The number of nitrogens with one attached hydrogen (secondary N) is 1. The van der Waals surface area contributed by atoms with Crippen LogP contribution in [0.15, 0.2) is 54.6 Å². The number of hydrogen-bond donors (Lipinski definition) is 1. The van der Waals surface area contributed by atoms with E-state index in [0.717, 1.165) is 29.5 Å². The molecule has 1 N–H and O–H groups in total. The first-order valence-electron chi connectivity index (χ1n) is 9.02. The maximum absolute atomic E-state index is 12.0. The predicted molar refractivity (Wildman–Crippen MR) is 101 cm³/mol. The first-order chi connectivity index (χ1) is 13.0. The molecule has 1 aliphatic rings. The molecule has 0 aromatic heterocycles. The lowest BCUT2D eigenvalue weighted by atomic mass is 9.98. The second-order valence-corrected chi connectivity index (χ2v) is 7.04. The van der Waals surface area contributed by atoms with Crippen LogP contribution in [0, 0.1) is 17.2 Å². The van der Waals surface area contributed by atoms with E-state index in [4.69, 9.17) is 4.74 Å². The van der Waals surface area contributed by atoms with Crippen molar-refractivity contribution in [2.24, 2.45) is 5.92 Å². The largest absolute Gasteiger partial charge is 0.455 e. The topological polar surface area (TPSA) is 79.2 Å². The summed E-state index contributed by atoms with van der Waals surface area (Å²) in [5.41, 5.74) is 2.12. The molecule has 2 aromatic rings. The fourth-order valence-electron chi connectivity index (χ4n) is 3.02. The number of nitriles is 1. The molecule has 0 bridgehead atoms. The average molecular weight is 362 g/mol. The molecule has 0 spiro atoms. The summed E-state index contributed by atoms with van der Waals surface area (Å²) in [6.45, 7) is 1.34. The Morgan fingerprint density at radius 1 is 1.11 bits per heavy atom. The third kappa shape index (κ3) is 4.95. The van der Waals surface area contributed by atoms with Crippen LogP contribution in [0.5, 0.6) is 0 Å². The molecule has 2 aromatic carbocycles. The van der Waals surface area contributed by atoms with Crippen LogP contribution in [0.2, 0.25) is 0 Å². The number of benzene rings is 2. The van der Waals surface area contributed by atoms with Crippen molar-refractivity contribution in [3.63, 3.8) is 0 Å². The second kappa shape index (κ2) is 8.05. The van der Waals surface area contributed by atoms with Crippen molar-refractivity contribution in [2.75, 3.05) is 6.61 Å². The smallest absolute Gasteiger partial charge is 0.310 e. The van der Waals surface area contributed by atoms with Crippen LogP contribution in [0.4, 0.5) is 0 Å². The highest BCUT2D eigenvalue weighted by Crippen LogP contribution is 2.39. The number of rotatable bonds is 7. The summed E-state index contributed by atoms with van der Waals surface area (Å²) in [5, 5.41) is 11.9. The Morgan fingerprint density at radius 3 is 2.33 bits per heavy atom. The van der Waals surface area contributed by atoms with Gasteiger partial charge in [0, 0.05) is 0 Å². The molecule has 138 valence electrons. The quantitative estimate of drug-likeness (QED) is 0.767. The lowest BCUT2D eigenvalue weighted by Gasteiger charge is -2.22. The molecule has 5 nitrogen and oxygen atoms in total. The third-order valence-corrected chi connectivity index (χ3v) is 4.80. The fourth-order valence-corrected chi connectivity index (χ4v) is 3.02. The van der Waals surface area contributed by atoms with E-state index in [-0.39, 0.29) is 18.9 Å². The van der Waals surface area contributed by atoms with Gasteiger partial charge in [-0.1, -0.05) is 54.6 Å². The number of carbonyl (C=O) groups is 2. The van der Waals surface area contributed by atoms with Crippen molar-refractivity contribution in [1.29, 1.82) is 5.26 Å². The average Bonchev–Trinajstić information content (AvgIpc) is 3.53. The Balaban J connectivity index is 1.48. The summed E-state index contributed by atoms with van der Waals surface area (Å²) in [7, 11) is 0. The van der Waals surface area contributed by atoms with Gasteiger partial charge in [0.15, 0.2) is 6.61 Å². The lowest BCUT2D eigenvalue weighted by molar-refractivity contribution is -0.148. The monoisotopic (exact) mass is 362 g/mol. The van der Waals surface area contributed by atoms with Gasteiger partial charge in [-0.3, -0.25) is 9.59 Å². The van der Waals surface area contributed by atoms with Crippen LogP contribution in [0.1, 0.15) is 25.3 Å². The molecule has 0 heterocycles. The van der Waals surface area contributed by atoms with Gasteiger partial charge in [-0.15, -0.1) is 0 Å². The molecule has 1 saturated carbocycles. The van der Waals surface area contributed by atoms with E-state index in [9.17, 15) is 14.9 Å². The summed E-state index contributed by atoms with van der Waals surface area (Å²) in [4.78, 5) is 24.0. The minimum Gasteiger partial charge on any atom is -0.455 e. The van der Waals surface area contributed by atoms with E-state index < -0.39 is 17.4 Å². The molecule has 1 atom stereocenters. The van der Waals surface area contributed by atoms with Crippen molar-refractivity contribution in [3.05, 3.63) is 60.2 Å². The van der Waals surface area contributed by atoms with Crippen LogP contribution in [-0.4, -0.2) is 24.0 Å². The molecule has 0 radical (unpaired) electrons. The van der Waals surface area contributed by atoms with Crippen molar-refractivity contribution in [1.82, 2.24) is 5.32 Å². The highest BCUT2D eigenvalue weighted by molar-refractivity contribution is 5.82. The Kier molecular flexibility index (Phi) is 5.56. The van der Waals surface area contributed by atoms with Gasteiger partial charge in [0.1, 0.15) is 5.54 Å². The van der Waals surface area contributed by atoms with E-state index >= 15 is 0 Å². The van der Waals surface area contributed by atoms with Gasteiger partial charge in [0.25, 0.3) is 5.91 Å². The van der Waals surface area contributed by atoms with Crippen LogP contribution in [0.3, 0.4) is 0 Å². The maximum atomic E-state index is 12.0. The van der Waals surface area contributed by atoms with Crippen LogP contribution >= 0.6 is 0 Å². The zero-order valence-electron chi connectivity index (χ0n) is 15.3. The van der Waals surface area contributed by atoms with Crippen molar-refractivity contribution < 1.29 is 14.3 Å². The van der Waals surface area contributed by atoms with E-state index in [1.807, 2.05) is 54.6 Å². The molecule has 3 rings (SSSR count). The van der Waals surface area contributed by atoms with Gasteiger partial charge >= 0.3 is 5.97 Å². The molecule has 27 heavy (non-hydrogen) atoms. The van der Waals surface area contributed by atoms with E-state index in [1.165, 1.54) is 0 Å². The van der Waals surface area contributed by atoms with Gasteiger partial charge < -0.3 is 10.1 Å². The highest BCUT2D eigenvalue weighted by atomic mass is 16.5. The Hall–Kier alpha value is -3.13. The molecule has 1 amide bonds. The second-order valence-electron chi connectivity index (χ2n) is 7.04. The van der Waals surface area contributed by atoms with Crippen molar-refractivity contribution in [3.8, 4) is 17.2 Å². The van der Waals surface area contributed by atoms with E-state index in [0.29, 0.717) is 0 Å². The third-order valence-electron chi connectivity index (χ3n) is 4.80. The van der Waals surface area contributed by atoms with Gasteiger partial charge in [-0.2, -0.15) is 5.26 Å². The summed E-state index contributed by atoms with van der Waals surface area (Å²) in [6.07, 6.45) is 1.96. The van der Waals surface area contributed by atoms with Crippen LogP contribution in [-0.2, 0) is 20.7 Å². The molecule has 1 fully saturated rings. The van der Waals surface area contributed by atoms with E-state index in [2.05, 4.69) is 11.4 Å². The van der Waals surface area contributed by atoms with E-state index in [1.54, 1.807) is 6.92 Å². The molecule has 0 aliphatic heterocycles. The number of ether oxygens (including phenoxy) is 1. The van der Waals surface area contributed by atoms with Crippen molar-refractivity contribution in [2.45, 2.75) is 31.7 Å². The summed E-state index contributed by atoms with van der Waals surface area (Å²) < 4.78 is 5.05. The Labute approximate surface area is 159 Å². The summed E-state index contributed by atoms with van der Waals surface area (Å²) in [5.74, 6) is -0.730. The number of hydrogen-bond acceptors (Lipinski definition) is 4. The molecule has 0 unspecified atom stereocenters. The van der Waals surface area contributed by atoms with Gasteiger partial charge in [-0.05, 0) is 42.4 Å².